The molecular weight excluding hydrogens is 246 g/mol. The summed E-state index contributed by atoms with van der Waals surface area (Å²) in [5.74, 6) is -0.372. The minimum Gasteiger partial charge on any atom is -0.396 e. The summed E-state index contributed by atoms with van der Waals surface area (Å²) in [6.45, 7) is 6.09. The van der Waals surface area contributed by atoms with E-state index < -0.39 is 0 Å². The highest BCUT2D eigenvalue weighted by Crippen LogP contribution is 2.02. The first-order valence-corrected chi connectivity index (χ1v) is 6.49. The van der Waals surface area contributed by atoms with Crippen LogP contribution in [0.4, 0.5) is 0 Å². The van der Waals surface area contributed by atoms with Crippen molar-refractivity contribution < 1.29 is 9.90 Å². The number of nitrogens with zero attached hydrogens (tertiary/aromatic N) is 2. The molecule has 1 heterocycles. The van der Waals surface area contributed by atoms with E-state index in [9.17, 15) is 9.59 Å². The minimum absolute atomic E-state index is 0.00417. The number of aliphatic hydroxyl groups excluding tert-OH is 1. The summed E-state index contributed by atoms with van der Waals surface area (Å²) in [5, 5.41) is 15.8. The normalized spacial score (nSPS) is 13.9. The molecule has 6 nitrogen and oxygen atoms in total. The first kappa shape index (κ1) is 15.4. The smallest absolute Gasteiger partial charge is 0.271 e. The zero-order chi connectivity index (χ0) is 14.4. The Morgan fingerprint density at radius 2 is 2.16 bits per heavy atom. The molecule has 0 aliphatic carbocycles. The van der Waals surface area contributed by atoms with Crippen molar-refractivity contribution in [2.45, 2.75) is 39.8 Å². The summed E-state index contributed by atoms with van der Waals surface area (Å²) in [6, 6.07) is 2.60. The van der Waals surface area contributed by atoms with Gasteiger partial charge in [-0.15, -0.1) is 0 Å². The minimum atomic E-state index is -0.336. The molecule has 1 aromatic heterocycles. The molecule has 2 N–H and O–H groups in total. The van der Waals surface area contributed by atoms with Gasteiger partial charge < -0.3 is 10.4 Å². The van der Waals surface area contributed by atoms with Crippen LogP contribution in [0.15, 0.2) is 16.9 Å². The Hall–Kier alpha value is -1.69. The standard InChI is InChI=1S/C13H21N3O3/c1-4-7-16-12(18)6-5-11(15-16)13(19)14-10(3)9(2)8-17/h5-6,9-10,17H,4,7-8H2,1-3H3,(H,14,19). The summed E-state index contributed by atoms with van der Waals surface area (Å²) in [4.78, 5) is 23.5. The third-order valence-electron chi connectivity index (χ3n) is 3.03. The van der Waals surface area contributed by atoms with Gasteiger partial charge in [0.25, 0.3) is 11.5 Å². The van der Waals surface area contributed by atoms with Crippen LogP contribution in [0, 0.1) is 5.92 Å². The predicted octanol–water partition coefficient (Wildman–Crippen LogP) is 0.400. The predicted molar refractivity (Wildman–Crippen MR) is 72.0 cm³/mol. The lowest BCUT2D eigenvalue weighted by Crippen LogP contribution is -2.39. The van der Waals surface area contributed by atoms with Gasteiger partial charge in [0.2, 0.25) is 0 Å². The maximum Gasteiger partial charge on any atom is 0.271 e. The number of rotatable bonds is 6. The Balaban J connectivity index is 2.82. The Morgan fingerprint density at radius 1 is 1.47 bits per heavy atom. The molecule has 0 aliphatic heterocycles. The maximum absolute atomic E-state index is 12.0. The van der Waals surface area contributed by atoms with Crippen LogP contribution in [0.2, 0.25) is 0 Å². The fourth-order valence-corrected chi connectivity index (χ4v) is 1.52. The molecule has 0 saturated heterocycles. The monoisotopic (exact) mass is 267 g/mol. The average molecular weight is 267 g/mol. The Kier molecular flexibility index (Phi) is 5.69. The second-order valence-electron chi connectivity index (χ2n) is 4.70. The molecule has 6 heteroatoms. The van der Waals surface area contributed by atoms with Gasteiger partial charge in [0, 0.05) is 25.3 Å². The maximum atomic E-state index is 12.0. The van der Waals surface area contributed by atoms with Gasteiger partial charge in [-0.1, -0.05) is 13.8 Å². The number of carbonyl (C=O) groups is 1. The van der Waals surface area contributed by atoms with Crippen LogP contribution in [0.1, 0.15) is 37.7 Å². The zero-order valence-electron chi connectivity index (χ0n) is 11.6. The van der Waals surface area contributed by atoms with E-state index in [1.807, 2.05) is 20.8 Å². The Morgan fingerprint density at radius 3 is 2.74 bits per heavy atom. The largest absolute Gasteiger partial charge is 0.396 e. The Labute approximate surface area is 112 Å². The lowest BCUT2D eigenvalue weighted by molar-refractivity contribution is 0.0908. The van der Waals surface area contributed by atoms with Crippen LogP contribution in [0.25, 0.3) is 0 Å². The van der Waals surface area contributed by atoms with E-state index in [4.69, 9.17) is 5.11 Å². The van der Waals surface area contributed by atoms with Crippen LogP contribution >= 0.6 is 0 Å². The average Bonchev–Trinajstić information content (AvgIpc) is 2.40. The van der Waals surface area contributed by atoms with Crippen LogP contribution in [0.5, 0.6) is 0 Å². The number of hydrogen-bond donors (Lipinski definition) is 2. The highest BCUT2D eigenvalue weighted by molar-refractivity contribution is 5.92. The molecule has 0 aliphatic rings. The topological polar surface area (TPSA) is 84.2 Å². The molecule has 0 aromatic carbocycles. The fourth-order valence-electron chi connectivity index (χ4n) is 1.52. The molecule has 1 amide bonds. The van der Waals surface area contributed by atoms with Crippen molar-refractivity contribution in [3.05, 3.63) is 28.2 Å². The third-order valence-corrected chi connectivity index (χ3v) is 3.03. The molecule has 1 aromatic rings. The number of hydrogen-bond acceptors (Lipinski definition) is 4. The highest BCUT2D eigenvalue weighted by Gasteiger charge is 2.16. The number of carbonyl (C=O) groups excluding carboxylic acids is 1. The Bertz CT molecular complexity index is 484. The van der Waals surface area contributed by atoms with Crippen molar-refractivity contribution in [1.82, 2.24) is 15.1 Å². The molecule has 0 spiro atoms. The molecule has 1 rings (SSSR count). The van der Waals surface area contributed by atoms with E-state index in [0.717, 1.165) is 6.42 Å². The zero-order valence-corrected chi connectivity index (χ0v) is 11.6. The van der Waals surface area contributed by atoms with Crippen molar-refractivity contribution >= 4 is 5.91 Å². The SMILES string of the molecule is CCCn1nc(C(=O)NC(C)C(C)CO)ccc1=O. The second-order valence-corrected chi connectivity index (χ2v) is 4.70. The van der Waals surface area contributed by atoms with Crippen molar-refractivity contribution in [3.63, 3.8) is 0 Å². The quantitative estimate of drug-likeness (QED) is 0.781. The molecule has 2 atom stereocenters. The molecule has 19 heavy (non-hydrogen) atoms. The first-order chi connectivity index (χ1) is 8.99. The van der Waals surface area contributed by atoms with E-state index in [1.54, 1.807) is 0 Å². The molecule has 2 unspecified atom stereocenters. The van der Waals surface area contributed by atoms with Crippen molar-refractivity contribution in [3.8, 4) is 0 Å². The van der Waals surface area contributed by atoms with Gasteiger partial charge >= 0.3 is 0 Å². The van der Waals surface area contributed by atoms with Crippen molar-refractivity contribution in [2.75, 3.05) is 6.61 Å². The van der Waals surface area contributed by atoms with Gasteiger partial charge in [-0.2, -0.15) is 5.10 Å². The molecule has 0 bridgehead atoms. The van der Waals surface area contributed by atoms with Gasteiger partial charge in [-0.05, 0) is 25.3 Å². The van der Waals surface area contributed by atoms with E-state index >= 15 is 0 Å². The lowest BCUT2D eigenvalue weighted by atomic mass is 10.1. The summed E-state index contributed by atoms with van der Waals surface area (Å²) < 4.78 is 1.29. The van der Waals surface area contributed by atoms with Crippen LogP contribution < -0.4 is 10.9 Å². The van der Waals surface area contributed by atoms with Crippen molar-refractivity contribution in [2.24, 2.45) is 5.92 Å². The summed E-state index contributed by atoms with van der Waals surface area (Å²) in [7, 11) is 0. The lowest BCUT2D eigenvalue weighted by Gasteiger charge is -2.19. The number of nitrogens with one attached hydrogen (secondary N) is 1. The van der Waals surface area contributed by atoms with Gasteiger partial charge in [-0.3, -0.25) is 9.59 Å². The van der Waals surface area contributed by atoms with Crippen LogP contribution in [0.3, 0.4) is 0 Å². The molecular formula is C13H21N3O3. The number of aromatic nitrogens is 2. The van der Waals surface area contributed by atoms with Gasteiger partial charge in [0.05, 0.1) is 0 Å². The second kappa shape index (κ2) is 7.04. The summed E-state index contributed by atoms with van der Waals surface area (Å²) in [6.07, 6.45) is 0.774. The summed E-state index contributed by atoms with van der Waals surface area (Å²) >= 11 is 0. The molecule has 106 valence electrons. The summed E-state index contributed by atoms with van der Waals surface area (Å²) in [5.41, 5.74) is 0.000199. The van der Waals surface area contributed by atoms with Gasteiger partial charge in [0.15, 0.2) is 0 Å². The number of aryl methyl sites for hydroxylation is 1. The van der Waals surface area contributed by atoms with Crippen LogP contribution in [-0.2, 0) is 6.54 Å². The van der Waals surface area contributed by atoms with E-state index in [0.29, 0.717) is 6.54 Å². The van der Waals surface area contributed by atoms with Crippen LogP contribution in [-0.4, -0.2) is 33.4 Å². The van der Waals surface area contributed by atoms with Gasteiger partial charge in [-0.25, -0.2) is 4.68 Å². The van der Waals surface area contributed by atoms with Crippen molar-refractivity contribution in [1.29, 1.82) is 0 Å². The van der Waals surface area contributed by atoms with E-state index in [1.165, 1.54) is 16.8 Å². The molecule has 0 fully saturated rings. The first-order valence-electron chi connectivity index (χ1n) is 6.49. The molecule has 0 radical (unpaired) electrons. The fraction of sp³-hybridized carbons (Fsp3) is 0.615. The third kappa shape index (κ3) is 4.17. The highest BCUT2D eigenvalue weighted by atomic mass is 16.3. The van der Waals surface area contributed by atoms with Gasteiger partial charge in [0.1, 0.15) is 5.69 Å². The number of amides is 1. The molecule has 0 saturated carbocycles. The van der Waals surface area contributed by atoms with E-state index in [2.05, 4.69) is 10.4 Å². The number of aliphatic hydroxyl groups is 1. The van der Waals surface area contributed by atoms with E-state index in [-0.39, 0.29) is 35.7 Å².